The van der Waals surface area contributed by atoms with E-state index >= 15 is 0 Å². The number of unbranched alkanes of at least 4 members (excludes halogenated alkanes) is 1. The lowest BCUT2D eigenvalue weighted by molar-refractivity contribution is 0.258. The molecule has 2 unspecified atom stereocenters. The van der Waals surface area contributed by atoms with Crippen LogP contribution in [-0.4, -0.2) is 12.6 Å². The van der Waals surface area contributed by atoms with Gasteiger partial charge < -0.3 is 5.32 Å². The zero-order valence-corrected chi connectivity index (χ0v) is 11.5. The second-order valence-electron chi connectivity index (χ2n) is 5.03. The van der Waals surface area contributed by atoms with Crippen molar-refractivity contribution in [3.8, 4) is 0 Å². The molecule has 92 valence electrons. The van der Waals surface area contributed by atoms with Gasteiger partial charge in [0.1, 0.15) is 0 Å². The third-order valence-electron chi connectivity index (χ3n) is 3.31. The van der Waals surface area contributed by atoms with E-state index < -0.39 is 0 Å². The summed E-state index contributed by atoms with van der Waals surface area (Å²) in [5.74, 6) is 1.63. The summed E-state index contributed by atoms with van der Waals surface area (Å²) in [6.07, 6.45) is 6.67. The number of hydrogen-bond donors (Lipinski definition) is 1. The van der Waals surface area contributed by atoms with E-state index in [9.17, 15) is 0 Å². The van der Waals surface area contributed by atoms with Crippen LogP contribution in [0, 0.1) is 11.8 Å². The summed E-state index contributed by atoms with van der Waals surface area (Å²) in [5.41, 5.74) is 0. The maximum atomic E-state index is 3.73. The van der Waals surface area contributed by atoms with Gasteiger partial charge in [-0.15, -0.1) is 0 Å². The highest BCUT2D eigenvalue weighted by molar-refractivity contribution is 4.78. The first kappa shape index (κ1) is 15.0. The third kappa shape index (κ3) is 6.19. The summed E-state index contributed by atoms with van der Waals surface area (Å²) in [6.45, 7) is 12.7. The van der Waals surface area contributed by atoms with Crippen molar-refractivity contribution in [1.29, 1.82) is 0 Å². The molecular formula is C14H31N. The zero-order valence-electron chi connectivity index (χ0n) is 11.5. The SMILES string of the molecule is CCCCC(CC)C(NCCC)C(C)C. The van der Waals surface area contributed by atoms with E-state index in [4.69, 9.17) is 0 Å². The molecule has 0 saturated carbocycles. The van der Waals surface area contributed by atoms with Gasteiger partial charge in [0, 0.05) is 6.04 Å². The van der Waals surface area contributed by atoms with Gasteiger partial charge in [0.2, 0.25) is 0 Å². The van der Waals surface area contributed by atoms with Gasteiger partial charge in [-0.2, -0.15) is 0 Å². The average molecular weight is 213 g/mol. The van der Waals surface area contributed by atoms with Gasteiger partial charge in [0.05, 0.1) is 0 Å². The summed E-state index contributed by atoms with van der Waals surface area (Å²) in [5, 5.41) is 3.73. The minimum Gasteiger partial charge on any atom is -0.313 e. The highest BCUT2D eigenvalue weighted by Crippen LogP contribution is 2.22. The van der Waals surface area contributed by atoms with E-state index in [-0.39, 0.29) is 0 Å². The number of rotatable bonds is 9. The van der Waals surface area contributed by atoms with Crippen molar-refractivity contribution in [2.45, 2.75) is 72.8 Å². The molecule has 0 radical (unpaired) electrons. The van der Waals surface area contributed by atoms with Gasteiger partial charge in [-0.25, -0.2) is 0 Å². The van der Waals surface area contributed by atoms with E-state index in [1.807, 2.05) is 0 Å². The zero-order chi connectivity index (χ0) is 11.7. The third-order valence-corrected chi connectivity index (χ3v) is 3.31. The minimum absolute atomic E-state index is 0.724. The Hall–Kier alpha value is -0.0400. The van der Waals surface area contributed by atoms with Crippen molar-refractivity contribution < 1.29 is 0 Å². The summed E-state index contributed by atoms with van der Waals surface area (Å²) in [7, 11) is 0. The lowest BCUT2D eigenvalue weighted by atomic mass is 9.85. The first-order valence-corrected chi connectivity index (χ1v) is 6.90. The molecule has 15 heavy (non-hydrogen) atoms. The number of nitrogens with one attached hydrogen (secondary N) is 1. The normalized spacial score (nSPS) is 15.6. The van der Waals surface area contributed by atoms with Crippen molar-refractivity contribution in [3.05, 3.63) is 0 Å². The Kier molecular flexibility index (Phi) is 9.18. The van der Waals surface area contributed by atoms with Gasteiger partial charge in [-0.05, 0) is 31.2 Å². The van der Waals surface area contributed by atoms with E-state index in [2.05, 4.69) is 39.9 Å². The Morgan fingerprint density at radius 1 is 1.00 bits per heavy atom. The van der Waals surface area contributed by atoms with Crippen LogP contribution in [0.3, 0.4) is 0 Å². The lowest BCUT2D eigenvalue weighted by Crippen LogP contribution is -2.40. The predicted molar refractivity (Wildman–Crippen MR) is 70.2 cm³/mol. The fourth-order valence-electron chi connectivity index (χ4n) is 2.36. The maximum Gasteiger partial charge on any atom is 0.0118 e. The van der Waals surface area contributed by atoms with E-state index in [1.165, 1.54) is 38.6 Å². The second-order valence-corrected chi connectivity index (χ2v) is 5.03. The molecule has 0 aromatic carbocycles. The van der Waals surface area contributed by atoms with Crippen molar-refractivity contribution in [1.82, 2.24) is 5.32 Å². The van der Waals surface area contributed by atoms with Crippen LogP contribution in [0.25, 0.3) is 0 Å². The van der Waals surface area contributed by atoms with Crippen LogP contribution >= 0.6 is 0 Å². The molecule has 0 aliphatic rings. The first-order chi connectivity index (χ1) is 7.17. The topological polar surface area (TPSA) is 12.0 Å². The monoisotopic (exact) mass is 213 g/mol. The Morgan fingerprint density at radius 3 is 2.07 bits per heavy atom. The van der Waals surface area contributed by atoms with Crippen LogP contribution in [0.4, 0.5) is 0 Å². The van der Waals surface area contributed by atoms with Crippen molar-refractivity contribution in [2.75, 3.05) is 6.54 Å². The van der Waals surface area contributed by atoms with E-state index in [1.54, 1.807) is 0 Å². The lowest BCUT2D eigenvalue weighted by Gasteiger charge is -2.30. The molecule has 0 bridgehead atoms. The fourth-order valence-corrected chi connectivity index (χ4v) is 2.36. The average Bonchev–Trinajstić information content (AvgIpc) is 2.22. The molecule has 0 fully saturated rings. The fraction of sp³-hybridized carbons (Fsp3) is 1.00. The molecule has 1 nitrogen and oxygen atoms in total. The Labute approximate surface area is 97.0 Å². The Bertz CT molecular complexity index is 131. The van der Waals surface area contributed by atoms with Gasteiger partial charge in [0.15, 0.2) is 0 Å². The minimum atomic E-state index is 0.724. The summed E-state index contributed by atoms with van der Waals surface area (Å²) in [4.78, 5) is 0. The van der Waals surface area contributed by atoms with Gasteiger partial charge in [-0.1, -0.05) is 53.9 Å². The second kappa shape index (κ2) is 9.21. The number of hydrogen-bond acceptors (Lipinski definition) is 1. The summed E-state index contributed by atoms with van der Waals surface area (Å²) < 4.78 is 0. The quantitative estimate of drug-likeness (QED) is 0.604. The van der Waals surface area contributed by atoms with Crippen LogP contribution in [-0.2, 0) is 0 Å². The molecule has 0 aliphatic heterocycles. The molecule has 1 N–H and O–H groups in total. The van der Waals surface area contributed by atoms with Crippen LogP contribution in [0.15, 0.2) is 0 Å². The highest BCUT2D eigenvalue weighted by Gasteiger charge is 2.21. The van der Waals surface area contributed by atoms with Crippen molar-refractivity contribution >= 4 is 0 Å². The molecule has 0 heterocycles. The Balaban J connectivity index is 4.13. The van der Waals surface area contributed by atoms with Crippen LogP contribution in [0.1, 0.15) is 66.7 Å². The largest absolute Gasteiger partial charge is 0.313 e. The summed E-state index contributed by atoms with van der Waals surface area (Å²) in [6, 6.07) is 0.724. The molecule has 0 rings (SSSR count). The van der Waals surface area contributed by atoms with Gasteiger partial charge >= 0.3 is 0 Å². The van der Waals surface area contributed by atoms with Crippen molar-refractivity contribution in [3.63, 3.8) is 0 Å². The standard InChI is InChI=1S/C14H31N/c1-6-9-10-13(8-3)14(12(4)5)15-11-7-2/h12-15H,6-11H2,1-5H3. The van der Waals surface area contributed by atoms with Crippen molar-refractivity contribution in [2.24, 2.45) is 11.8 Å². The maximum absolute atomic E-state index is 3.73. The molecule has 2 atom stereocenters. The molecule has 0 aromatic heterocycles. The predicted octanol–water partition coefficient (Wildman–Crippen LogP) is 4.23. The highest BCUT2D eigenvalue weighted by atomic mass is 14.9. The Morgan fingerprint density at radius 2 is 1.67 bits per heavy atom. The van der Waals surface area contributed by atoms with E-state index in [0.717, 1.165) is 17.9 Å². The molecule has 0 spiro atoms. The van der Waals surface area contributed by atoms with E-state index in [0.29, 0.717) is 0 Å². The molecule has 1 heteroatoms. The van der Waals surface area contributed by atoms with Gasteiger partial charge in [-0.3, -0.25) is 0 Å². The smallest absolute Gasteiger partial charge is 0.0118 e. The molecular weight excluding hydrogens is 182 g/mol. The van der Waals surface area contributed by atoms with Crippen LogP contribution in [0.2, 0.25) is 0 Å². The molecule has 0 saturated heterocycles. The first-order valence-electron chi connectivity index (χ1n) is 6.90. The molecule has 0 aromatic rings. The van der Waals surface area contributed by atoms with Gasteiger partial charge in [0.25, 0.3) is 0 Å². The molecule has 0 aliphatic carbocycles. The molecule has 0 amide bonds. The van der Waals surface area contributed by atoms with Crippen LogP contribution < -0.4 is 5.32 Å². The van der Waals surface area contributed by atoms with Crippen LogP contribution in [0.5, 0.6) is 0 Å². The summed E-state index contributed by atoms with van der Waals surface area (Å²) >= 11 is 0.